The monoisotopic (exact) mass is 292 g/mol. The van der Waals surface area contributed by atoms with Crippen LogP contribution in [-0.2, 0) is 4.79 Å². The van der Waals surface area contributed by atoms with Crippen LogP contribution in [0.3, 0.4) is 0 Å². The number of anilines is 1. The molecule has 0 saturated heterocycles. The first-order valence-corrected chi connectivity index (χ1v) is 8.21. The Morgan fingerprint density at radius 2 is 2.20 bits per heavy atom. The average Bonchev–Trinajstić information content (AvgIpc) is 2.36. The first-order chi connectivity index (χ1) is 9.46. The molecule has 1 amide bonds. The fourth-order valence-corrected chi connectivity index (χ4v) is 3.66. The minimum Gasteiger partial charge on any atom is -0.381 e. The van der Waals surface area contributed by atoms with Crippen molar-refractivity contribution in [2.45, 2.75) is 50.5 Å². The van der Waals surface area contributed by atoms with E-state index in [0.29, 0.717) is 17.2 Å². The van der Waals surface area contributed by atoms with Gasteiger partial charge < -0.3 is 11.1 Å². The van der Waals surface area contributed by atoms with Crippen LogP contribution in [-0.4, -0.2) is 17.7 Å². The molecule has 3 nitrogen and oxygen atoms in total. The summed E-state index contributed by atoms with van der Waals surface area (Å²) in [7, 11) is 0. The molecule has 1 aliphatic carbocycles. The summed E-state index contributed by atoms with van der Waals surface area (Å²) in [5, 5.41) is 3.66. The topological polar surface area (TPSA) is 55.1 Å². The van der Waals surface area contributed by atoms with E-state index in [2.05, 4.69) is 25.2 Å². The van der Waals surface area contributed by atoms with Crippen molar-refractivity contribution in [3.8, 4) is 0 Å². The number of primary amides is 1. The number of hydrogen-bond donors (Lipinski definition) is 2. The van der Waals surface area contributed by atoms with E-state index in [1.165, 1.54) is 37.4 Å². The van der Waals surface area contributed by atoms with Gasteiger partial charge in [0.1, 0.15) is 0 Å². The normalized spacial score (nSPS) is 21.4. The molecule has 0 bridgehead atoms. The molecule has 4 heteroatoms. The fraction of sp³-hybridized carbons (Fsp3) is 0.562. The Labute approximate surface area is 125 Å². The molecule has 1 aromatic carbocycles. The second-order valence-electron chi connectivity index (χ2n) is 6.35. The highest BCUT2D eigenvalue weighted by molar-refractivity contribution is 8.00. The molecule has 110 valence electrons. The molecule has 1 aromatic rings. The lowest BCUT2D eigenvalue weighted by molar-refractivity contribution is -0.115. The Morgan fingerprint density at radius 1 is 1.45 bits per heavy atom. The zero-order chi connectivity index (χ0) is 14.6. The molecule has 0 aliphatic heterocycles. The SMILES string of the molecule is CC1(C)CCCC(Nc2ccccc2SCC(N)=O)C1. The van der Waals surface area contributed by atoms with E-state index in [1.54, 1.807) is 0 Å². The van der Waals surface area contributed by atoms with Gasteiger partial charge in [-0.05, 0) is 36.8 Å². The first-order valence-electron chi connectivity index (χ1n) is 7.23. The zero-order valence-corrected chi connectivity index (χ0v) is 13.1. The molecule has 0 spiro atoms. The van der Waals surface area contributed by atoms with Gasteiger partial charge in [0, 0.05) is 16.6 Å². The third-order valence-electron chi connectivity index (χ3n) is 3.82. The van der Waals surface area contributed by atoms with Gasteiger partial charge in [-0.3, -0.25) is 4.79 Å². The predicted octanol–water partition coefficient (Wildman–Crippen LogP) is 3.64. The third kappa shape index (κ3) is 4.44. The standard InChI is InChI=1S/C16H24N2OS/c1-16(2)9-5-6-12(10-16)18-13-7-3-4-8-14(13)20-11-15(17)19/h3-4,7-8,12,18H,5-6,9-11H2,1-2H3,(H2,17,19). The maximum atomic E-state index is 10.9. The quantitative estimate of drug-likeness (QED) is 0.815. The minimum atomic E-state index is -0.274. The molecule has 3 N–H and O–H groups in total. The number of carbonyl (C=O) groups is 1. The van der Waals surface area contributed by atoms with Crippen LogP contribution in [0.5, 0.6) is 0 Å². The van der Waals surface area contributed by atoms with Crippen molar-refractivity contribution in [2.24, 2.45) is 11.1 Å². The van der Waals surface area contributed by atoms with Gasteiger partial charge >= 0.3 is 0 Å². The number of para-hydroxylation sites is 1. The summed E-state index contributed by atoms with van der Waals surface area (Å²) < 4.78 is 0. The average molecular weight is 292 g/mol. The number of rotatable bonds is 5. The maximum absolute atomic E-state index is 10.9. The van der Waals surface area contributed by atoms with Crippen molar-refractivity contribution in [1.82, 2.24) is 0 Å². The first kappa shape index (κ1) is 15.2. The summed E-state index contributed by atoms with van der Waals surface area (Å²) in [5.41, 5.74) is 6.78. The molecule has 20 heavy (non-hydrogen) atoms. The van der Waals surface area contributed by atoms with Gasteiger partial charge in [-0.25, -0.2) is 0 Å². The molecular formula is C16H24N2OS. The lowest BCUT2D eigenvalue weighted by atomic mass is 9.75. The van der Waals surface area contributed by atoms with E-state index >= 15 is 0 Å². The van der Waals surface area contributed by atoms with E-state index in [-0.39, 0.29) is 5.91 Å². The van der Waals surface area contributed by atoms with Crippen LogP contribution in [0.4, 0.5) is 5.69 Å². The zero-order valence-electron chi connectivity index (χ0n) is 12.3. The number of nitrogens with two attached hydrogens (primary N) is 1. The molecule has 0 heterocycles. The van der Waals surface area contributed by atoms with Crippen LogP contribution >= 0.6 is 11.8 Å². The van der Waals surface area contributed by atoms with Crippen molar-refractivity contribution in [1.29, 1.82) is 0 Å². The fourth-order valence-electron chi connectivity index (χ4n) is 2.90. The lowest BCUT2D eigenvalue weighted by Gasteiger charge is -2.36. The summed E-state index contributed by atoms with van der Waals surface area (Å²) in [6, 6.07) is 8.69. The van der Waals surface area contributed by atoms with Crippen LogP contribution in [0, 0.1) is 5.41 Å². The molecule has 1 unspecified atom stereocenters. The molecule has 1 aliphatic rings. The molecule has 1 fully saturated rings. The number of nitrogens with one attached hydrogen (secondary N) is 1. The van der Waals surface area contributed by atoms with Crippen LogP contribution < -0.4 is 11.1 Å². The second-order valence-corrected chi connectivity index (χ2v) is 7.37. The van der Waals surface area contributed by atoms with Gasteiger partial charge in [0.25, 0.3) is 0 Å². The van der Waals surface area contributed by atoms with E-state index in [9.17, 15) is 4.79 Å². The molecule has 2 rings (SSSR count). The van der Waals surface area contributed by atoms with Crippen LogP contribution in [0.1, 0.15) is 39.5 Å². The van der Waals surface area contributed by atoms with Crippen molar-refractivity contribution < 1.29 is 4.79 Å². The van der Waals surface area contributed by atoms with Crippen LogP contribution in [0.25, 0.3) is 0 Å². The smallest absolute Gasteiger partial charge is 0.227 e. The Balaban J connectivity index is 2.03. The van der Waals surface area contributed by atoms with Gasteiger partial charge in [0.2, 0.25) is 5.91 Å². The van der Waals surface area contributed by atoms with Gasteiger partial charge in [-0.2, -0.15) is 0 Å². The van der Waals surface area contributed by atoms with Gasteiger partial charge in [0.05, 0.1) is 5.75 Å². The number of hydrogen-bond acceptors (Lipinski definition) is 3. The molecular weight excluding hydrogens is 268 g/mol. The highest BCUT2D eigenvalue weighted by Gasteiger charge is 2.28. The van der Waals surface area contributed by atoms with Crippen LogP contribution in [0.15, 0.2) is 29.2 Å². The maximum Gasteiger partial charge on any atom is 0.227 e. The van der Waals surface area contributed by atoms with E-state index in [1.807, 2.05) is 18.2 Å². The van der Waals surface area contributed by atoms with Gasteiger partial charge in [0.15, 0.2) is 0 Å². The van der Waals surface area contributed by atoms with E-state index in [0.717, 1.165) is 10.6 Å². The van der Waals surface area contributed by atoms with Gasteiger partial charge in [-0.1, -0.05) is 32.4 Å². The molecule has 0 radical (unpaired) electrons. The largest absolute Gasteiger partial charge is 0.381 e. The third-order valence-corrected chi connectivity index (χ3v) is 4.92. The summed E-state index contributed by atoms with van der Waals surface area (Å²) in [5.74, 6) is 0.0538. The van der Waals surface area contributed by atoms with Crippen molar-refractivity contribution in [3.63, 3.8) is 0 Å². The number of carbonyl (C=O) groups excluding carboxylic acids is 1. The van der Waals surface area contributed by atoms with Crippen molar-refractivity contribution >= 4 is 23.4 Å². The molecule has 0 aromatic heterocycles. The number of benzene rings is 1. The molecule has 1 atom stereocenters. The van der Waals surface area contributed by atoms with E-state index < -0.39 is 0 Å². The van der Waals surface area contributed by atoms with Crippen LogP contribution in [0.2, 0.25) is 0 Å². The summed E-state index contributed by atoms with van der Waals surface area (Å²) >= 11 is 1.51. The highest BCUT2D eigenvalue weighted by atomic mass is 32.2. The van der Waals surface area contributed by atoms with Crippen molar-refractivity contribution in [2.75, 3.05) is 11.1 Å². The number of thioether (sulfide) groups is 1. The molecule has 1 saturated carbocycles. The predicted molar refractivity (Wildman–Crippen MR) is 86.0 cm³/mol. The van der Waals surface area contributed by atoms with E-state index in [4.69, 9.17) is 5.73 Å². The Kier molecular flexibility index (Phi) is 4.97. The second kappa shape index (κ2) is 6.53. The summed E-state index contributed by atoms with van der Waals surface area (Å²) in [6.07, 6.45) is 5.00. The Bertz CT molecular complexity index is 473. The van der Waals surface area contributed by atoms with Crippen molar-refractivity contribution in [3.05, 3.63) is 24.3 Å². The number of amides is 1. The highest BCUT2D eigenvalue weighted by Crippen LogP contribution is 2.37. The Morgan fingerprint density at radius 3 is 2.90 bits per heavy atom. The Hall–Kier alpha value is -1.16. The lowest BCUT2D eigenvalue weighted by Crippen LogP contribution is -2.31. The van der Waals surface area contributed by atoms with Gasteiger partial charge in [-0.15, -0.1) is 11.8 Å². The summed E-state index contributed by atoms with van der Waals surface area (Å²) in [4.78, 5) is 12.0. The minimum absolute atomic E-state index is 0.274. The summed E-state index contributed by atoms with van der Waals surface area (Å²) in [6.45, 7) is 4.68.